The minimum absolute atomic E-state index is 0.574. The fourth-order valence-electron chi connectivity index (χ4n) is 2.11. The summed E-state index contributed by atoms with van der Waals surface area (Å²) in [6, 6.07) is 11.1. The van der Waals surface area contributed by atoms with Crippen LogP contribution in [0.1, 0.15) is 18.1 Å². The highest BCUT2D eigenvalue weighted by Gasteiger charge is 2.25. The van der Waals surface area contributed by atoms with Crippen molar-refractivity contribution in [3.63, 3.8) is 0 Å². The number of rotatable bonds is 3. The maximum atomic E-state index is 6.44. The zero-order valence-electron chi connectivity index (χ0n) is 10.8. The fraction of sp³-hybridized carbons (Fsp3) is 0.200. The summed E-state index contributed by atoms with van der Waals surface area (Å²) in [5, 5.41) is 1.86. The highest BCUT2D eigenvalue weighted by molar-refractivity contribution is 9.10. The van der Waals surface area contributed by atoms with Gasteiger partial charge in [-0.2, -0.15) is 0 Å². The van der Waals surface area contributed by atoms with Gasteiger partial charge in [0, 0.05) is 25.1 Å². The van der Waals surface area contributed by atoms with Crippen molar-refractivity contribution in [2.24, 2.45) is 5.73 Å². The first kappa shape index (κ1) is 16.1. The van der Waals surface area contributed by atoms with Crippen LogP contribution >= 0.6 is 50.7 Å². The second-order valence-corrected chi connectivity index (χ2v) is 7.12. The van der Waals surface area contributed by atoms with E-state index in [1.807, 2.05) is 37.3 Å². The Morgan fingerprint density at radius 2 is 1.75 bits per heavy atom. The van der Waals surface area contributed by atoms with Crippen molar-refractivity contribution in [1.82, 2.24) is 0 Å². The third-order valence-electron chi connectivity index (χ3n) is 3.12. The van der Waals surface area contributed by atoms with Crippen LogP contribution in [0.5, 0.6) is 0 Å². The molecule has 106 valence electrons. The second kappa shape index (κ2) is 6.25. The van der Waals surface area contributed by atoms with Crippen molar-refractivity contribution in [2.45, 2.75) is 18.9 Å². The lowest BCUT2D eigenvalue weighted by molar-refractivity contribution is 0.491. The van der Waals surface area contributed by atoms with E-state index >= 15 is 0 Å². The Bertz CT molecular complexity index is 641. The fourth-order valence-corrected chi connectivity index (χ4v) is 3.47. The molecule has 2 rings (SSSR count). The van der Waals surface area contributed by atoms with Crippen molar-refractivity contribution in [1.29, 1.82) is 0 Å². The van der Waals surface area contributed by atoms with Gasteiger partial charge in [0.05, 0.1) is 0 Å². The molecule has 0 saturated carbocycles. The molecule has 20 heavy (non-hydrogen) atoms. The van der Waals surface area contributed by atoms with Crippen LogP contribution in [0.4, 0.5) is 0 Å². The van der Waals surface area contributed by atoms with Crippen LogP contribution in [0, 0.1) is 0 Å². The molecule has 0 fully saturated rings. The molecule has 0 saturated heterocycles. The maximum absolute atomic E-state index is 6.44. The number of hydrogen-bond donors (Lipinski definition) is 1. The van der Waals surface area contributed by atoms with Crippen molar-refractivity contribution in [3.8, 4) is 0 Å². The molecule has 0 bridgehead atoms. The van der Waals surface area contributed by atoms with Gasteiger partial charge >= 0.3 is 0 Å². The van der Waals surface area contributed by atoms with Crippen LogP contribution in [0.25, 0.3) is 0 Å². The Morgan fingerprint density at radius 1 is 1.05 bits per heavy atom. The molecule has 1 unspecified atom stereocenters. The Balaban J connectivity index is 2.35. The highest BCUT2D eigenvalue weighted by atomic mass is 79.9. The molecule has 2 N–H and O–H groups in total. The molecule has 0 heterocycles. The second-order valence-electron chi connectivity index (χ2n) is 4.95. The van der Waals surface area contributed by atoms with Gasteiger partial charge in [0.1, 0.15) is 0 Å². The van der Waals surface area contributed by atoms with E-state index in [9.17, 15) is 0 Å². The number of hydrogen-bond acceptors (Lipinski definition) is 1. The number of halogens is 4. The Labute approximate surface area is 142 Å². The lowest BCUT2D eigenvalue weighted by Crippen LogP contribution is -2.35. The van der Waals surface area contributed by atoms with E-state index in [0.717, 1.165) is 15.6 Å². The summed E-state index contributed by atoms with van der Waals surface area (Å²) >= 11 is 21.8. The van der Waals surface area contributed by atoms with Gasteiger partial charge in [-0.15, -0.1) is 0 Å². The maximum Gasteiger partial charge on any atom is 0.0467 e. The zero-order chi connectivity index (χ0) is 14.9. The largest absolute Gasteiger partial charge is 0.321 e. The molecule has 0 aliphatic carbocycles. The van der Waals surface area contributed by atoms with Crippen LogP contribution in [-0.2, 0) is 12.0 Å². The first-order chi connectivity index (χ1) is 9.29. The Morgan fingerprint density at radius 3 is 2.35 bits per heavy atom. The van der Waals surface area contributed by atoms with Crippen LogP contribution in [0.3, 0.4) is 0 Å². The van der Waals surface area contributed by atoms with Crippen molar-refractivity contribution >= 4 is 50.7 Å². The van der Waals surface area contributed by atoms with Gasteiger partial charge in [0.25, 0.3) is 0 Å². The van der Waals surface area contributed by atoms with Gasteiger partial charge in [-0.25, -0.2) is 0 Å². The summed E-state index contributed by atoms with van der Waals surface area (Å²) in [7, 11) is 0. The van der Waals surface area contributed by atoms with Crippen LogP contribution < -0.4 is 5.73 Å². The van der Waals surface area contributed by atoms with Gasteiger partial charge in [-0.1, -0.05) is 62.9 Å². The van der Waals surface area contributed by atoms with Crippen LogP contribution in [-0.4, -0.2) is 0 Å². The minimum atomic E-state index is -0.616. The molecule has 0 amide bonds. The summed E-state index contributed by atoms with van der Waals surface area (Å²) in [6.07, 6.45) is 0.574. The van der Waals surface area contributed by atoms with Crippen molar-refractivity contribution in [2.75, 3.05) is 0 Å². The molecular weight excluding hydrogens is 380 g/mol. The smallest absolute Gasteiger partial charge is 0.0467 e. The summed E-state index contributed by atoms with van der Waals surface area (Å²) in [5.74, 6) is 0. The SMILES string of the molecule is CC(N)(Cc1ccc(Cl)cc1Cl)c1ccc(Br)cc1Cl. The predicted octanol–water partition coefficient (Wildman–Crippen LogP) is 5.83. The molecule has 0 aromatic heterocycles. The van der Waals surface area contributed by atoms with Crippen LogP contribution in [0.15, 0.2) is 40.9 Å². The number of benzene rings is 2. The quantitative estimate of drug-likeness (QED) is 0.698. The summed E-state index contributed by atoms with van der Waals surface area (Å²) < 4.78 is 0.923. The average molecular weight is 394 g/mol. The molecular formula is C15H13BrCl3N. The third-order valence-corrected chi connectivity index (χ3v) is 4.51. The van der Waals surface area contributed by atoms with E-state index in [0.29, 0.717) is 21.5 Å². The molecule has 1 nitrogen and oxygen atoms in total. The first-order valence-electron chi connectivity index (χ1n) is 5.98. The third kappa shape index (κ3) is 3.69. The molecule has 5 heteroatoms. The number of nitrogens with two attached hydrogens (primary N) is 1. The van der Waals surface area contributed by atoms with E-state index in [-0.39, 0.29) is 0 Å². The Hall–Kier alpha value is -0.250. The van der Waals surface area contributed by atoms with Gasteiger partial charge in [-0.3, -0.25) is 0 Å². The lowest BCUT2D eigenvalue weighted by atomic mass is 9.86. The van der Waals surface area contributed by atoms with E-state index in [4.69, 9.17) is 40.5 Å². The molecule has 0 radical (unpaired) electrons. The first-order valence-corrected chi connectivity index (χ1v) is 7.90. The van der Waals surface area contributed by atoms with E-state index in [1.165, 1.54) is 0 Å². The van der Waals surface area contributed by atoms with Gasteiger partial charge in [0.2, 0.25) is 0 Å². The van der Waals surface area contributed by atoms with E-state index in [1.54, 1.807) is 6.07 Å². The van der Waals surface area contributed by atoms with Gasteiger partial charge in [0.15, 0.2) is 0 Å². The average Bonchev–Trinajstić information content (AvgIpc) is 2.32. The van der Waals surface area contributed by atoms with Crippen molar-refractivity contribution in [3.05, 3.63) is 67.1 Å². The Kier molecular flexibility index (Phi) is 5.04. The van der Waals surface area contributed by atoms with Gasteiger partial charge < -0.3 is 5.73 Å². The summed E-state index contributed by atoms with van der Waals surface area (Å²) in [5.41, 5.74) is 7.65. The highest BCUT2D eigenvalue weighted by Crippen LogP contribution is 2.33. The lowest BCUT2D eigenvalue weighted by Gasteiger charge is -2.27. The summed E-state index contributed by atoms with van der Waals surface area (Å²) in [6.45, 7) is 1.94. The normalized spacial score (nSPS) is 14.1. The molecule has 0 aliphatic heterocycles. The van der Waals surface area contributed by atoms with E-state index in [2.05, 4.69) is 15.9 Å². The zero-order valence-corrected chi connectivity index (χ0v) is 14.6. The molecule has 0 aliphatic rings. The van der Waals surface area contributed by atoms with Gasteiger partial charge in [-0.05, 0) is 48.7 Å². The molecule has 2 aromatic rings. The minimum Gasteiger partial charge on any atom is -0.321 e. The monoisotopic (exact) mass is 391 g/mol. The van der Waals surface area contributed by atoms with Crippen LogP contribution in [0.2, 0.25) is 15.1 Å². The predicted molar refractivity (Wildman–Crippen MR) is 90.9 cm³/mol. The van der Waals surface area contributed by atoms with E-state index < -0.39 is 5.54 Å². The topological polar surface area (TPSA) is 26.0 Å². The molecule has 1 atom stereocenters. The summed E-state index contributed by atoms with van der Waals surface area (Å²) in [4.78, 5) is 0. The molecule has 0 spiro atoms. The standard InChI is InChI=1S/C15H13BrCl3N/c1-15(20,12-5-3-10(16)6-14(12)19)8-9-2-4-11(17)7-13(9)18/h2-7H,8,20H2,1H3. The molecule has 2 aromatic carbocycles. The van der Waals surface area contributed by atoms with Crippen molar-refractivity contribution < 1.29 is 0 Å².